The van der Waals surface area contributed by atoms with Gasteiger partial charge < -0.3 is 4.74 Å². The van der Waals surface area contributed by atoms with Crippen LogP contribution in [-0.4, -0.2) is 6.61 Å². The molecule has 71 valence electrons. The van der Waals surface area contributed by atoms with Gasteiger partial charge in [-0.15, -0.1) is 0 Å². The van der Waals surface area contributed by atoms with Crippen molar-refractivity contribution in [1.82, 2.24) is 0 Å². The molecule has 4 heteroatoms. The summed E-state index contributed by atoms with van der Waals surface area (Å²) in [5, 5.41) is 0. The zero-order valence-corrected chi connectivity index (χ0v) is 12.7. The first-order chi connectivity index (χ1) is 4.97. The number of rotatable bonds is 0. The molecule has 0 saturated heterocycles. The molecule has 1 heterocycles. The van der Waals surface area contributed by atoms with Crippen LogP contribution in [0.25, 0.3) is 6.08 Å². The molecule has 1 radical (unpaired) electrons. The maximum absolute atomic E-state index is 5.34. The molecule has 0 aliphatic carbocycles. The van der Waals surface area contributed by atoms with Crippen LogP contribution in [0.15, 0.2) is 30.3 Å². The third-order valence-corrected chi connectivity index (χ3v) is 1.55. The van der Waals surface area contributed by atoms with Crippen LogP contribution in [0.3, 0.4) is 0 Å². The van der Waals surface area contributed by atoms with Crippen molar-refractivity contribution in [1.29, 1.82) is 0 Å². The van der Waals surface area contributed by atoms with E-state index < -0.39 is 0 Å². The molecule has 1 nitrogen and oxygen atoms in total. The number of ether oxygens (including phenoxy) is 1. The van der Waals surface area contributed by atoms with Crippen LogP contribution in [0, 0.1) is 0 Å². The molecule has 0 N–H and O–H groups in total. The van der Waals surface area contributed by atoms with E-state index >= 15 is 0 Å². The molecule has 0 spiro atoms. The summed E-state index contributed by atoms with van der Waals surface area (Å²) in [7, 11) is 0. The maximum atomic E-state index is 5.34. The fourth-order valence-electron chi connectivity index (χ4n) is 1.06. The first-order valence-electron chi connectivity index (χ1n) is 3.35. The van der Waals surface area contributed by atoms with Gasteiger partial charge in [0.1, 0.15) is 12.4 Å². The minimum Gasteiger partial charge on any atom is -0.489 e. The zero-order chi connectivity index (χ0) is 6.81. The summed E-state index contributed by atoms with van der Waals surface area (Å²) >= 11 is 0. The summed E-state index contributed by atoms with van der Waals surface area (Å²) < 4.78 is 5.34. The third-order valence-electron chi connectivity index (χ3n) is 1.55. The molecule has 0 amide bonds. The minimum atomic E-state index is 0. The van der Waals surface area contributed by atoms with Crippen LogP contribution in [0.5, 0.6) is 5.75 Å². The standard InChI is InChI=1S/C9H8O.Co.Mo.W/c1-2-6-9-8(4-1)5-3-7-10-9;;;/h1-6H,7H2;;;. The van der Waals surface area contributed by atoms with Gasteiger partial charge in [-0.3, -0.25) is 0 Å². The van der Waals surface area contributed by atoms with Crippen molar-refractivity contribution in [2.45, 2.75) is 0 Å². The van der Waals surface area contributed by atoms with Crippen LogP contribution in [-0.2, 0) is 58.9 Å². The summed E-state index contributed by atoms with van der Waals surface area (Å²) in [6.07, 6.45) is 4.10. The van der Waals surface area contributed by atoms with E-state index in [4.69, 9.17) is 4.74 Å². The molecule has 13 heavy (non-hydrogen) atoms. The van der Waals surface area contributed by atoms with Gasteiger partial charge in [0.05, 0.1) is 0 Å². The number of hydrogen-bond donors (Lipinski definition) is 0. The van der Waals surface area contributed by atoms with E-state index in [2.05, 4.69) is 6.08 Å². The molecule has 1 aliphatic heterocycles. The van der Waals surface area contributed by atoms with Crippen LogP contribution >= 0.6 is 0 Å². The fraction of sp³-hybridized carbons (Fsp3) is 0.111. The molecule has 0 saturated carbocycles. The Labute approximate surface area is 117 Å². The van der Waals surface area contributed by atoms with Crippen LogP contribution in [0.4, 0.5) is 0 Å². The van der Waals surface area contributed by atoms with Gasteiger partial charge in [-0.2, -0.15) is 0 Å². The number of fused-ring (bicyclic) bond motifs is 1. The first kappa shape index (κ1) is 16.1. The van der Waals surface area contributed by atoms with Crippen molar-refractivity contribution in [3.63, 3.8) is 0 Å². The monoisotopic (exact) mass is 473 g/mol. The SMILES string of the molecule is C1=Cc2ccccc2OC1.[Co].[Mo].[W]. The van der Waals surface area contributed by atoms with Crippen molar-refractivity contribution in [2.75, 3.05) is 6.61 Å². The van der Waals surface area contributed by atoms with Crippen molar-refractivity contribution in [2.24, 2.45) is 0 Å². The van der Waals surface area contributed by atoms with E-state index in [1.165, 1.54) is 5.56 Å². The summed E-state index contributed by atoms with van der Waals surface area (Å²) in [4.78, 5) is 0. The second kappa shape index (κ2) is 7.99. The summed E-state index contributed by atoms with van der Waals surface area (Å²) in [6.45, 7) is 0.705. The molecule has 0 bridgehead atoms. The Hall–Kier alpha value is 0.643. The van der Waals surface area contributed by atoms with Gasteiger partial charge in [0.2, 0.25) is 0 Å². The maximum Gasteiger partial charge on any atom is 0.126 e. The Balaban J connectivity index is 0. The topological polar surface area (TPSA) is 9.23 Å². The Morgan fingerprint density at radius 1 is 1.15 bits per heavy atom. The Kier molecular flexibility index (Phi) is 9.89. The minimum absolute atomic E-state index is 0. The first-order valence-corrected chi connectivity index (χ1v) is 3.35. The average Bonchev–Trinajstić information content (AvgIpc) is 2.05. The van der Waals surface area contributed by atoms with Crippen molar-refractivity contribution in [3.05, 3.63) is 35.9 Å². The van der Waals surface area contributed by atoms with Crippen LogP contribution in [0.1, 0.15) is 5.56 Å². The van der Waals surface area contributed by atoms with E-state index in [-0.39, 0.29) is 58.9 Å². The van der Waals surface area contributed by atoms with Gasteiger partial charge in [0.15, 0.2) is 0 Å². The molecule has 0 atom stereocenters. The average molecular weight is 471 g/mol. The number of hydrogen-bond acceptors (Lipinski definition) is 1. The Morgan fingerprint density at radius 2 is 1.85 bits per heavy atom. The predicted octanol–water partition coefficient (Wildman–Crippen LogP) is 2.08. The van der Waals surface area contributed by atoms with E-state index in [1.807, 2.05) is 30.3 Å². The number of para-hydroxylation sites is 1. The molecular formula is C9H8CoMoOW. The molecule has 0 fully saturated rings. The molecule has 0 unspecified atom stereocenters. The number of benzene rings is 1. The molecule has 1 aromatic carbocycles. The molecule has 2 rings (SSSR count). The van der Waals surface area contributed by atoms with Crippen molar-refractivity contribution < 1.29 is 63.6 Å². The Morgan fingerprint density at radius 3 is 2.54 bits per heavy atom. The van der Waals surface area contributed by atoms with Gasteiger partial charge >= 0.3 is 0 Å². The van der Waals surface area contributed by atoms with Crippen LogP contribution in [0.2, 0.25) is 0 Å². The second-order valence-electron chi connectivity index (χ2n) is 2.25. The van der Waals surface area contributed by atoms with Gasteiger partial charge in [-0.1, -0.05) is 24.3 Å². The summed E-state index contributed by atoms with van der Waals surface area (Å²) in [6, 6.07) is 8.03. The van der Waals surface area contributed by atoms with E-state index in [1.54, 1.807) is 0 Å². The van der Waals surface area contributed by atoms with Crippen LogP contribution < -0.4 is 4.74 Å². The predicted molar refractivity (Wildman–Crippen MR) is 41.0 cm³/mol. The second-order valence-corrected chi connectivity index (χ2v) is 2.25. The Bertz CT molecular complexity index is 278. The largest absolute Gasteiger partial charge is 0.489 e. The van der Waals surface area contributed by atoms with Gasteiger partial charge in [-0.25, -0.2) is 0 Å². The quantitative estimate of drug-likeness (QED) is 0.528. The van der Waals surface area contributed by atoms with E-state index in [9.17, 15) is 0 Å². The van der Waals surface area contributed by atoms with Gasteiger partial charge in [0, 0.05) is 64.5 Å². The summed E-state index contributed by atoms with van der Waals surface area (Å²) in [5.41, 5.74) is 1.17. The fourth-order valence-corrected chi connectivity index (χ4v) is 1.06. The molecule has 0 aromatic heterocycles. The summed E-state index contributed by atoms with van der Waals surface area (Å²) in [5.74, 6) is 0.991. The third kappa shape index (κ3) is 4.12. The smallest absolute Gasteiger partial charge is 0.126 e. The van der Waals surface area contributed by atoms with Crippen molar-refractivity contribution in [3.8, 4) is 5.75 Å². The zero-order valence-electron chi connectivity index (χ0n) is 6.73. The molecular weight excluding hydrogens is 463 g/mol. The van der Waals surface area contributed by atoms with E-state index in [0.717, 1.165) is 5.75 Å². The normalized spacial score (nSPS) is 10.8. The molecule has 1 aromatic rings. The van der Waals surface area contributed by atoms with E-state index in [0.29, 0.717) is 6.61 Å². The van der Waals surface area contributed by atoms with Crippen molar-refractivity contribution >= 4 is 6.08 Å². The molecule has 1 aliphatic rings. The van der Waals surface area contributed by atoms with Gasteiger partial charge in [-0.05, 0) is 12.1 Å². The van der Waals surface area contributed by atoms with Gasteiger partial charge in [0.25, 0.3) is 0 Å².